The quantitative estimate of drug-likeness (QED) is 0.777. The summed E-state index contributed by atoms with van der Waals surface area (Å²) in [6, 6.07) is 6.28. The van der Waals surface area contributed by atoms with Gasteiger partial charge >= 0.3 is 5.97 Å². The van der Waals surface area contributed by atoms with Crippen molar-refractivity contribution in [3.63, 3.8) is 0 Å². The molecule has 0 bridgehead atoms. The Morgan fingerprint density at radius 3 is 2.73 bits per heavy atom. The van der Waals surface area contributed by atoms with Gasteiger partial charge in [-0.2, -0.15) is 0 Å². The Morgan fingerprint density at radius 1 is 1.53 bits per heavy atom. The van der Waals surface area contributed by atoms with Crippen LogP contribution >= 0.6 is 0 Å². The summed E-state index contributed by atoms with van der Waals surface area (Å²) in [6.45, 7) is 0.452. The third kappa shape index (κ3) is 3.32. The number of nitrogens with one attached hydrogen (secondary N) is 1. The molecular weight excluding hydrogens is 197 g/mol. The molecule has 0 aliphatic rings. The molecule has 0 saturated carbocycles. The maximum absolute atomic E-state index is 13.4. The van der Waals surface area contributed by atoms with Gasteiger partial charge in [-0.15, -0.1) is 0 Å². The van der Waals surface area contributed by atoms with Gasteiger partial charge in [-0.05, 0) is 18.7 Å². The maximum Gasteiger partial charge on any atom is 0.304 e. The Hall–Kier alpha value is -1.42. The highest BCUT2D eigenvalue weighted by Gasteiger charge is 2.17. The van der Waals surface area contributed by atoms with Crippen molar-refractivity contribution in [1.29, 1.82) is 0 Å². The highest BCUT2D eigenvalue weighted by molar-refractivity contribution is 5.68. The molecule has 0 spiro atoms. The van der Waals surface area contributed by atoms with Crippen LogP contribution in [0.15, 0.2) is 24.3 Å². The molecule has 0 aromatic heterocycles. The van der Waals surface area contributed by atoms with Crippen LogP contribution in [0.1, 0.15) is 17.9 Å². The minimum absolute atomic E-state index is 0.0677. The van der Waals surface area contributed by atoms with Crippen LogP contribution < -0.4 is 5.32 Å². The van der Waals surface area contributed by atoms with Crippen LogP contribution in [-0.4, -0.2) is 24.7 Å². The smallest absolute Gasteiger partial charge is 0.304 e. The van der Waals surface area contributed by atoms with Crippen molar-refractivity contribution in [2.24, 2.45) is 0 Å². The molecule has 0 aliphatic carbocycles. The van der Waals surface area contributed by atoms with E-state index in [1.165, 1.54) is 6.07 Å². The summed E-state index contributed by atoms with van der Waals surface area (Å²) in [4.78, 5) is 10.6. The van der Waals surface area contributed by atoms with E-state index in [9.17, 15) is 9.18 Å². The molecule has 1 aromatic rings. The second kappa shape index (κ2) is 5.46. The lowest BCUT2D eigenvalue weighted by Gasteiger charge is -2.15. The minimum Gasteiger partial charge on any atom is -0.481 e. The van der Waals surface area contributed by atoms with Gasteiger partial charge in [-0.3, -0.25) is 4.79 Å². The molecule has 4 heteroatoms. The van der Waals surface area contributed by atoms with Crippen LogP contribution in [0.2, 0.25) is 0 Å². The molecule has 3 nitrogen and oxygen atoms in total. The summed E-state index contributed by atoms with van der Waals surface area (Å²) in [5.74, 6) is -1.59. The SMILES string of the molecule is CNCC(CC(=O)O)c1ccccc1F. The normalized spacial score (nSPS) is 12.4. The van der Waals surface area contributed by atoms with E-state index in [0.29, 0.717) is 12.1 Å². The molecular formula is C11H14FNO2. The summed E-state index contributed by atoms with van der Waals surface area (Å²) in [7, 11) is 1.72. The Morgan fingerprint density at radius 2 is 2.20 bits per heavy atom. The van der Waals surface area contributed by atoms with Crippen LogP contribution in [0.3, 0.4) is 0 Å². The summed E-state index contributed by atoms with van der Waals surface area (Å²) < 4.78 is 13.4. The topological polar surface area (TPSA) is 49.3 Å². The third-order valence-corrected chi connectivity index (χ3v) is 2.22. The maximum atomic E-state index is 13.4. The molecule has 0 amide bonds. The molecule has 0 heterocycles. The van der Waals surface area contributed by atoms with Crippen molar-refractivity contribution in [3.05, 3.63) is 35.6 Å². The first-order valence-corrected chi connectivity index (χ1v) is 4.76. The largest absolute Gasteiger partial charge is 0.481 e. The summed E-state index contributed by atoms with van der Waals surface area (Å²) in [6.07, 6.45) is -0.0677. The summed E-state index contributed by atoms with van der Waals surface area (Å²) in [5.41, 5.74) is 0.453. The number of carboxylic acids is 1. The number of aliphatic carboxylic acids is 1. The van der Waals surface area contributed by atoms with E-state index < -0.39 is 5.97 Å². The minimum atomic E-state index is -0.918. The molecule has 1 unspecified atom stereocenters. The molecule has 2 N–H and O–H groups in total. The van der Waals surface area contributed by atoms with Crippen LogP contribution in [-0.2, 0) is 4.79 Å². The van der Waals surface area contributed by atoms with Gasteiger partial charge in [0.1, 0.15) is 5.82 Å². The van der Waals surface area contributed by atoms with E-state index in [4.69, 9.17) is 5.11 Å². The fraction of sp³-hybridized carbons (Fsp3) is 0.364. The highest BCUT2D eigenvalue weighted by atomic mass is 19.1. The van der Waals surface area contributed by atoms with Crippen LogP contribution in [0.4, 0.5) is 4.39 Å². The number of carboxylic acid groups (broad SMARTS) is 1. The van der Waals surface area contributed by atoms with E-state index in [1.54, 1.807) is 25.2 Å². The Balaban J connectivity index is 2.88. The standard InChI is InChI=1S/C11H14FNO2/c1-13-7-8(6-11(14)15)9-4-2-3-5-10(9)12/h2-5,8,13H,6-7H2,1H3,(H,14,15). The molecule has 1 aromatic carbocycles. The van der Waals surface area contributed by atoms with Crippen molar-refractivity contribution >= 4 is 5.97 Å². The van der Waals surface area contributed by atoms with Crippen LogP contribution in [0.5, 0.6) is 0 Å². The molecule has 0 radical (unpaired) electrons. The molecule has 1 rings (SSSR count). The number of halogens is 1. The zero-order valence-corrected chi connectivity index (χ0v) is 8.53. The molecule has 0 aliphatic heterocycles. The molecule has 0 saturated heterocycles. The highest BCUT2D eigenvalue weighted by Crippen LogP contribution is 2.21. The van der Waals surface area contributed by atoms with E-state index in [0.717, 1.165) is 0 Å². The first kappa shape index (κ1) is 11.7. The Kier molecular flexibility index (Phi) is 4.24. The fourth-order valence-corrected chi connectivity index (χ4v) is 1.56. The second-order valence-corrected chi connectivity index (χ2v) is 3.37. The van der Waals surface area contributed by atoms with Gasteiger partial charge in [0.05, 0.1) is 6.42 Å². The van der Waals surface area contributed by atoms with E-state index in [-0.39, 0.29) is 18.2 Å². The number of benzene rings is 1. The average molecular weight is 211 g/mol. The van der Waals surface area contributed by atoms with Gasteiger partial charge in [0.15, 0.2) is 0 Å². The predicted octanol–water partition coefficient (Wildman–Crippen LogP) is 1.60. The lowest BCUT2D eigenvalue weighted by atomic mass is 9.95. The summed E-state index contributed by atoms with van der Waals surface area (Å²) >= 11 is 0. The van der Waals surface area contributed by atoms with Crippen molar-refractivity contribution in [1.82, 2.24) is 5.32 Å². The average Bonchev–Trinajstić information content (AvgIpc) is 2.17. The van der Waals surface area contributed by atoms with Crippen LogP contribution in [0.25, 0.3) is 0 Å². The van der Waals surface area contributed by atoms with Crippen molar-refractivity contribution in [2.45, 2.75) is 12.3 Å². The lowest BCUT2D eigenvalue weighted by molar-refractivity contribution is -0.137. The number of rotatable bonds is 5. The van der Waals surface area contributed by atoms with Gasteiger partial charge in [0.25, 0.3) is 0 Å². The lowest BCUT2D eigenvalue weighted by Crippen LogP contribution is -2.20. The van der Waals surface area contributed by atoms with E-state index in [1.807, 2.05) is 0 Å². The van der Waals surface area contributed by atoms with Gasteiger partial charge in [-0.25, -0.2) is 4.39 Å². The van der Waals surface area contributed by atoms with Gasteiger partial charge < -0.3 is 10.4 Å². The first-order valence-electron chi connectivity index (χ1n) is 4.76. The molecule has 15 heavy (non-hydrogen) atoms. The fourth-order valence-electron chi connectivity index (χ4n) is 1.56. The van der Waals surface area contributed by atoms with Gasteiger partial charge in [-0.1, -0.05) is 18.2 Å². The van der Waals surface area contributed by atoms with E-state index >= 15 is 0 Å². The van der Waals surface area contributed by atoms with Crippen LogP contribution in [0, 0.1) is 5.82 Å². The number of carbonyl (C=O) groups is 1. The first-order chi connectivity index (χ1) is 7.15. The predicted molar refractivity (Wildman–Crippen MR) is 55.3 cm³/mol. The molecule has 82 valence electrons. The van der Waals surface area contributed by atoms with Gasteiger partial charge in [0, 0.05) is 12.5 Å². The Labute approximate surface area is 87.9 Å². The zero-order valence-electron chi connectivity index (χ0n) is 8.53. The van der Waals surface area contributed by atoms with Crippen molar-refractivity contribution in [3.8, 4) is 0 Å². The van der Waals surface area contributed by atoms with Crippen molar-refractivity contribution < 1.29 is 14.3 Å². The molecule has 0 fully saturated rings. The van der Waals surface area contributed by atoms with Gasteiger partial charge in [0.2, 0.25) is 0 Å². The number of hydrogen-bond acceptors (Lipinski definition) is 2. The number of likely N-dealkylation sites (N-methyl/N-ethyl adjacent to an activating group) is 1. The monoisotopic (exact) mass is 211 g/mol. The van der Waals surface area contributed by atoms with Crippen molar-refractivity contribution in [2.75, 3.05) is 13.6 Å². The second-order valence-electron chi connectivity index (χ2n) is 3.37. The third-order valence-electron chi connectivity index (χ3n) is 2.22. The Bertz CT molecular complexity index is 341. The summed E-state index contributed by atoms with van der Waals surface area (Å²) in [5, 5.41) is 11.6. The molecule has 1 atom stereocenters. The van der Waals surface area contributed by atoms with E-state index in [2.05, 4.69) is 5.32 Å². The zero-order chi connectivity index (χ0) is 11.3. The number of hydrogen-bond donors (Lipinski definition) is 2.